The SMILES string of the molecule is Cc1c(C(=O)N(C)Cc2cccc(Cl)c2)sc2ncn(C)c(=O)c12. The van der Waals surface area contributed by atoms with E-state index in [2.05, 4.69) is 4.98 Å². The average molecular weight is 362 g/mol. The van der Waals surface area contributed by atoms with Crippen LogP contribution in [0.25, 0.3) is 10.2 Å². The van der Waals surface area contributed by atoms with Crippen molar-refractivity contribution in [3.05, 3.63) is 62.0 Å². The van der Waals surface area contributed by atoms with Gasteiger partial charge in [-0.05, 0) is 30.2 Å². The number of aryl methyl sites for hydroxylation is 2. The monoisotopic (exact) mass is 361 g/mol. The number of hydrogen-bond donors (Lipinski definition) is 0. The number of hydrogen-bond acceptors (Lipinski definition) is 4. The zero-order valence-corrected chi connectivity index (χ0v) is 15.1. The number of aromatic nitrogens is 2. The van der Waals surface area contributed by atoms with Gasteiger partial charge >= 0.3 is 0 Å². The zero-order chi connectivity index (χ0) is 17.4. The van der Waals surface area contributed by atoms with Crippen molar-refractivity contribution in [3.63, 3.8) is 0 Å². The molecule has 0 aliphatic heterocycles. The highest BCUT2D eigenvalue weighted by Crippen LogP contribution is 2.28. The lowest BCUT2D eigenvalue weighted by Gasteiger charge is -2.17. The Morgan fingerprint density at radius 2 is 2.17 bits per heavy atom. The molecule has 0 spiro atoms. The van der Waals surface area contributed by atoms with Gasteiger partial charge in [-0.2, -0.15) is 0 Å². The Hall–Kier alpha value is -2.18. The van der Waals surface area contributed by atoms with Gasteiger partial charge in [-0.25, -0.2) is 4.98 Å². The second-order valence-electron chi connectivity index (χ2n) is 5.69. The van der Waals surface area contributed by atoms with Gasteiger partial charge in [-0.1, -0.05) is 23.7 Å². The average Bonchev–Trinajstić information content (AvgIpc) is 2.87. The van der Waals surface area contributed by atoms with Crippen LogP contribution in [0.2, 0.25) is 5.02 Å². The van der Waals surface area contributed by atoms with Crippen LogP contribution >= 0.6 is 22.9 Å². The molecule has 0 radical (unpaired) electrons. The first-order valence-electron chi connectivity index (χ1n) is 7.33. The molecule has 2 heterocycles. The molecule has 1 amide bonds. The quantitative estimate of drug-likeness (QED) is 0.719. The number of fused-ring (bicyclic) bond motifs is 1. The molecule has 0 aliphatic carbocycles. The van der Waals surface area contributed by atoms with E-state index in [9.17, 15) is 9.59 Å². The van der Waals surface area contributed by atoms with Crippen LogP contribution in [0.1, 0.15) is 20.8 Å². The molecular formula is C17H16ClN3O2S. The maximum atomic E-state index is 12.8. The Morgan fingerprint density at radius 1 is 1.42 bits per heavy atom. The summed E-state index contributed by atoms with van der Waals surface area (Å²) in [6.45, 7) is 2.24. The van der Waals surface area contributed by atoms with E-state index in [1.807, 2.05) is 18.2 Å². The second kappa shape index (κ2) is 6.37. The van der Waals surface area contributed by atoms with Crippen molar-refractivity contribution in [3.8, 4) is 0 Å². The van der Waals surface area contributed by atoms with Crippen molar-refractivity contribution >= 4 is 39.1 Å². The summed E-state index contributed by atoms with van der Waals surface area (Å²) in [5.41, 5.74) is 1.50. The fraction of sp³-hybridized carbons (Fsp3) is 0.235. The Labute approximate surface area is 148 Å². The van der Waals surface area contributed by atoms with E-state index in [4.69, 9.17) is 11.6 Å². The fourth-order valence-corrected chi connectivity index (χ4v) is 3.91. The second-order valence-corrected chi connectivity index (χ2v) is 7.12. The van der Waals surface area contributed by atoms with Crippen LogP contribution in [0.5, 0.6) is 0 Å². The molecule has 2 aromatic heterocycles. The number of thiophene rings is 1. The van der Waals surface area contributed by atoms with Gasteiger partial charge in [0.25, 0.3) is 11.5 Å². The van der Waals surface area contributed by atoms with Crippen molar-refractivity contribution in [2.45, 2.75) is 13.5 Å². The Balaban J connectivity index is 1.95. The standard InChI is InChI=1S/C17H16ClN3O2S/c1-10-13-15(19-9-21(3)16(13)22)24-14(10)17(23)20(2)8-11-5-4-6-12(18)7-11/h4-7,9H,8H2,1-3H3. The van der Waals surface area contributed by atoms with Gasteiger partial charge in [0.05, 0.1) is 16.6 Å². The first-order chi connectivity index (χ1) is 11.4. The maximum Gasteiger partial charge on any atom is 0.264 e. The van der Waals surface area contributed by atoms with E-state index in [-0.39, 0.29) is 11.5 Å². The lowest BCUT2D eigenvalue weighted by molar-refractivity contribution is 0.0789. The van der Waals surface area contributed by atoms with Gasteiger partial charge < -0.3 is 9.47 Å². The predicted octanol–water partition coefficient (Wildman–Crippen LogP) is 3.23. The molecule has 0 atom stereocenters. The molecule has 0 fully saturated rings. The van der Waals surface area contributed by atoms with Crippen molar-refractivity contribution in [2.75, 3.05) is 7.05 Å². The molecule has 5 nitrogen and oxygen atoms in total. The predicted molar refractivity (Wildman–Crippen MR) is 96.8 cm³/mol. The third-order valence-electron chi connectivity index (χ3n) is 3.86. The van der Waals surface area contributed by atoms with Gasteiger partial charge in [-0.15, -0.1) is 11.3 Å². The molecule has 0 aliphatic rings. The molecule has 3 aromatic rings. The van der Waals surface area contributed by atoms with Crippen LogP contribution in [-0.4, -0.2) is 27.4 Å². The van der Waals surface area contributed by atoms with Gasteiger partial charge in [-0.3, -0.25) is 9.59 Å². The van der Waals surface area contributed by atoms with Crippen molar-refractivity contribution in [1.82, 2.24) is 14.5 Å². The number of nitrogens with zero attached hydrogens (tertiary/aromatic N) is 3. The van der Waals surface area contributed by atoms with E-state index in [0.29, 0.717) is 32.2 Å². The lowest BCUT2D eigenvalue weighted by Crippen LogP contribution is -2.26. The highest BCUT2D eigenvalue weighted by molar-refractivity contribution is 7.20. The number of carbonyl (C=O) groups excluding carboxylic acids is 1. The smallest absolute Gasteiger partial charge is 0.264 e. The summed E-state index contributed by atoms with van der Waals surface area (Å²) in [6.07, 6.45) is 1.48. The molecule has 124 valence electrons. The summed E-state index contributed by atoms with van der Waals surface area (Å²) in [5.74, 6) is -0.127. The zero-order valence-electron chi connectivity index (χ0n) is 13.5. The number of halogens is 1. The summed E-state index contributed by atoms with van der Waals surface area (Å²) in [7, 11) is 3.39. The van der Waals surface area contributed by atoms with Gasteiger partial charge in [0.2, 0.25) is 0 Å². The number of benzene rings is 1. The minimum Gasteiger partial charge on any atom is -0.337 e. The molecule has 7 heteroatoms. The molecule has 1 aromatic carbocycles. The molecular weight excluding hydrogens is 346 g/mol. The molecule has 3 rings (SSSR count). The largest absolute Gasteiger partial charge is 0.337 e. The Morgan fingerprint density at radius 3 is 2.88 bits per heavy atom. The molecule has 24 heavy (non-hydrogen) atoms. The van der Waals surface area contributed by atoms with E-state index in [1.54, 1.807) is 32.0 Å². The van der Waals surface area contributed by atoms with E-state index in [1.165, 1.54) is 22.2 Å². The van der Waals surface area contributed by atoms with Crippen LogP contribution in [0.3, 0.4) is 0 Å². The van der Waals surface area contributed by atoms with Crippen LogP contribution in [0.4, 0.5) is 0 Å². The maximum absolute atomic E-state index is 12.8. The highest BCUT2D eigenvalue weighted by atomic mass is 35.5. The Bertz CT molecular complexity index is 993. The number of carbonyl (C=O) groups is 1. The third kappa shape index (κ3) is 2.95. The first-order valence-corrected chi connectivity index (χ1v) is 8.52. The van der Waals surface area contributed by atoms with Crippen molar-refractivity contribution in [2.24, 2.45) is 7.05 Å². The summed E-state index contributed by atoms with van der Waals surface area (Å²) >= 11 is 7.24. The lowest BCUT2D eigenvalue weighted by atomic mass is 10.2. The van der Waals surface area contributed by atoms with Gasteiger partial charge in [0.1, 0.15) is 4.83 Å². The van der Waals surface area contributed by atoms with Crippen molar-refractivity contribution in [1.29, 1.82) is 0 Å². The Kier molecular flexibility index (Phi) is 4.43. The number of rotatable bonds is 3. The van der Waals surface area contributed by atoms with Crippen LogP contribution in [0, 0.1) is 6.92 Å². The summed E-state index contributed by atoms with van der Waals surface area (Å²) in [5, 5.41) is 1.16. The minimum atomic E-state index is -0.134. The van der Waals surface area contributed by atoms with Crippen LogP contribution in [-0.2, 0) is 13.6 Å². The molecule has 0 saturated carbocycles. The summed E-state index contributed by atoms with van der Waals surface area (Å²) < 4.78 is 1.42. The highest BCUT2D eigenvalue weighted by Gasteiger charge is 2.21. The third-order valence-corrected chi connectivity index (χ3v) is 5.28. The normalized spacial score (nSPS) is 11.0. The minimum absolute atomic E-state index is 0.127. The van der Waals surface area contributed by atoms with E-state index in [0.717, 1.165) is 5.56 Å². The fourth-order valence-electron chi connectivity index (χ4n) is 2.57. The van der Waals surface area contributed by atoms with E-state index >= 15 is 0 Å². The first kappa shape index (κ1) is 16.7. The molecule has 0 N–H and O–H groups in total. The number of amides is 1. The van der Waals surface area contributed by atoms with Crippen molar-refractivity contribution < 1.29 is 4.79 Å². The summed E-state index contributed by atoms with van der Waals surface area (Å²) in [4.78, 5) is 32.1. The summed E-state index contributed by atoms with van der Waals surface area (Å²) in [6, 6.07) is 7.41. The van der Waals surface area contributed by atoms with Gasteiger partial charge in [0.15, 0.2) is 0 Å². The topological polar surface area (TPSA) is 55.2 Å². The van der Waals surface area contributed by atoms with Crippen LogP contribution in [0.15, 0.2) is 35.4 Å². The van der Waals surface area contributed by atoms with E-state index < -0.39 is 0 Å². The van der Waals surface area contributed by atoms with Gasteiger partial charge in [0, 0.05) is 25.7 Å². The molecule has 0 unspecified atom stereocenters. The molecule has 0 saturated heterocycles. The molecule has 0 bridgehead atoms. The van der Waals surface area contributed by atoms with Crippen LogP contribution < -0.4 is 5.56 Å².